The van der Waals surface area contributed by atoms with Crippen LogP contribution in [0.4, 0.5) is 8.78 Å². The normalized spacial score (nSPS) is 21.5. The van der Waals surface area contributed by atoms with Crippen molar-refractivity contribution >= 4 is 0 Å². The SMILES string of the molecule is Cc1cc(C2CC(F)(F)C2)nn1C. The van der Waals surface area contributed by atoms with Crippen LogP contribution in [0.15, 0.2) is 6.07 Å². The van der Waals surface area contributed by atoms with Crippen LogP contribution in [-0.4, -0.2) is 15.7 Å². The lowest BCUT2D eigenvalue weighted by atomic mass is 9.79. The maximum absolute atomic E-state index is 12.5. The zero-order valence-corrected chi connectivity index (χ0v) is 7.72. The van der Waals surface area contributed by atoms with Crippen LogP contribution in [0.3, 0.4) is 0 Å². The molecule has 0 saturated heterocycles. The Morgan fingerprint density at radius 3 is 2.54 bits per heavy atom. The number of rotatable bonds is 1. The Balaban J connectivity index is 2.12. The summed E-state index contributed by atoms with van der Waals surface area (Å²) in [5.41, 5.74) is 1.83. The Morgan fingerprint density at radius 1 is 1.54 bits per heavy atom. The fraction of sp³-hybridized carbons (Fsp3) is 0.667. The molecule has 0 aliphatic heterocycles. The Bertz CT molecular complexity index is 303. The molecule has 0 N–H and O–H groups in total. The van der Waals surface area contributed by atoms with Gasteiger partial charge in [0.25, 0.3) is 0 Å². The van der Waals surface area contributed by atoms with Gasteiger partial charge in [-0.15, -0.1) is 0 Å². The molecule has 1 aliphatic carbocycles. The average molecular weight is 186 g/mol. The van der Waals surface area contributed by atoms with Crippen LogP contribution in [-0.2, 0) is 7.05 Å². The zero-order chi connectivity index (χ0) is 9.64. The molecule has 0 atom stereocenters. The monoisotopic (exact) mass is 186 g/mol. The van der Waals surface area contributed by atoms with Crippen molar-refractivity contribution in [2.24, 2.45) is 7.05 Å². The highest BCUT2D eigenvalue weighted by molar-refractivity contribution is 5.17. The lowest BCUT2D eigenvalue weighted by Gasteiger charge is -2.33. The van der Waals surface area contributed by atoms with Gasteiger partial charge in [0.1, 0.15) is 0 Å². The Hall–Kier alpha value is -0.930. The van der Waals surface area contributed by atoms with Crippen molar-refractivity contribution in [3.63, 3.8) is 0 Å². The summed E-state index contributed by atoms with van der Waals surface area (Å²) in [6.45, 7) is 1.92. The van der Waals surface area contributed by atoms with Gasteiger partial charge in [0.15, 0.2) is 0 Å². The largest absolute Gasteiger partial charge is 0.273 e. The Morgan fingerprint density at radius 2 is 2.15 bits per heavy atom. The lowest BCUT2D eigenvalue weighted by Crippen LogP contribution is -2.33. The maximum Gasteiger partial charge on any atom is 0.249 e. The van der Waals surface area contributed by atoms with Crippen LogP contribution in [0.2, 0.25) is 0 Å². The standard InChI is InChI=1S/C9H12F2N2/c1-6-3-8(12-13(6)2)7-4-9(10,11)5-7/h3,7H,4-5H2,1-2H3. The van der Waals surface area contributed by atoms with Gasteiger partial charge in [-0.25, -0.2) is 8.78 Å². The summed E-state index contributed by atoms with van der Waals surface area (Å²) in [4.78, 5) is 0. The van der Waals surface area contributed by atoms with Crippen molar-refractivity contribution in [1.29, 1.82) is 0 Å². The van der Waals surface area contributed by atoms with Crippen LogP contribution < -0.4 is 0 Å². The van der Waals surface area contributed by atoms with Crippen molar-refractivity contribution < 1.29 is 8.78 Å². The number of halogens is 2. The molecule has 4 heteroatoms. The summed E-state index contributed by atoms with van der Waals surface area (Å²) in [6, 6.07) is 1.89. The minimum Gasteiger partial charge on any atom is -0.273 e. The summed E-state index contributed by atoms with van der Waals surface area (Å²) < 4.78 is 26.8. The predicted octanol–water partition coefficient (Wildman–Crippen LogP) is 2.24. The van der Waals surface area contributed by atoms with Gasteiger partial charge in [-0.1, -0.05) is 0 Å². The molecule has 1 heterocycles. The molecule has 2 nitrogen and oxygen atoms in total. The Kier molecular flexibility index (Phi) is 1.68. The molecular formula is C9H12F2N2. The molecule has 72 valence electrons. The van der Waals surface area contributed by atoms with E-state index < -0.39 is 5.92 Å². The van der Waals surface area contributed by atoms with Gasteiger partial charge >= 0.3 is 0 Å². The molecule has 0 bridgehead atoms. The van der Waals surface area contributed by atoms with E-state index in [1.54, 1.807) is 4.68 Å². The molecule has 0 radical (unpaired) electrons. The highest BCUT2D eigenvalue weighted by atomic mass is 19.3. The smallest absolute Gasteiger partial charge is 0.249 e. The van der Waals surface area contributed by atoms with Gasteiger partial charge in [-0.05, 0) is 13.0 Å². The first-order valence-corrected chi connectivity index (χ1v) is 4.36. The minimum atomic E-state index is -2.45. The third-order valence-corrected chi connectivity index (χ3v) is 2.64. The van der Waals surface area contributed by atoms with Gasteiger partial charge in [0.2, 0.25) is 5.92 Å². The molecule has 2 rings (SSSR count). The van der Waals surface area contributed by atoms with Gasteiger partial charge in [0.05, 0.1) is 5.69 Å². The van der Waals surface area contributed by atoms with E-state index in [0.717, 1.165) is 11.4 Å². The number of hydrogen-bond donors (Lipinski definition) is 0. The van der Waals surface area contributed by atoms with Gasteiger partial charge in [-0.3, -0.25) is 4.68 Å². The second-order valence-corrected chi connectivity index (χ2v) is 3.80. The van der Waals surface area contributed by atoms with Crippen molar-refractivity contribution in [2.45, 2.75) is 31.6 Å². The molecule has 0 spiro atoms. The quantitative estimate of drug-likeness (QED) is 0.657. The fourth-order valence-corrected chi connectivity index (χ4v) is 1.66. The van der Waals surface area contributed by atoms with Crippen LogP contribution in [0, 0.1) is 6.92 Å². The highest BCUT2D eigenvalue weighted by Gasteiger charge is 2.46. The topological polar surface area (TPSA) is 17.8 Å². The number of aryl methyl sites for hydroxylation is 2. The highest BCUT2D eigenvalue weighted by Crippen LogP contribution is 2.47. The van der Waals surface area contributed by atoms with E-state index in [0.29, 0.717) is 0 Å². The molecule has 13 heavy (non-hydrogen) atoms. The number of hydrogen-bond acceptors (Lipinski definition) is 1. The second kappa shape index (κ2) is 2.53. The van der Waals surface area contributed by atoms with Gasteiger partial charge in [-0.2, -0.15) is 5.10 Å². The van der Waals surface area contributed by atoms with E-state index >= 15 is 0 Å². The lowest BCUT2D eigenvalue weighted by molar-refractivity contribution is -0.0876. The maximum atomic E-state index is 12.5. The summed E-state index contributed by atoms with van der Waals surface area (Å²) in [7, 11) is 1.83. The van der Waals surface area contributed by atoms with E-state index in [9.17, 15) is 8.78 Å². The number of alkyl halides is 2. The van der Waals surface area contributed by atoms with Crippen LogP contribution in [0.5, 0.6) is 0 Å². The number of nitrogens with zero attached hydrogens (tertiary/aromatic N) is 2. The van der Waals surface area contributed by atoms with Crippen molar-refractivity contribution in [3.05, 3.63) is 17.5 Å². The molecule has 1 aromatic heterocycles. The minimum absolute atomic E-state index is 0.0325. The van der Waals surface area contributed by atoms with Crippen molar-refractivity contribution in [3.8, 4) is 0 Å². The molecule has 0 aromatic carbocycles. The molecule has 1 aromatic rings. The third-order valence-electron chi connectivity index (χ3n) is 2.64. The summed E-state index contributed by atoms with van der Waals surface area (Å²) >= 11 is 0. The summed E-state index contributed by atoms with van der Waals surface area (Å²) in [5.74, 6) is -2.48. The fourth-order valence-electron chi connectivity index (χ4n) is 1.66. The van der Waals surface area contributed by atoms with Crippen molar-refractivity contribution in [2.75, 3.05) is 0 Å². The van der Waals surface area contributed by atoms with Crippen LogP contribution >= 0.6 is 0 Å². The first-order chi connectivity index (χ1) is 5.98. The Labute approximate surface area is 75.6 Å². The first kappa shape index (κ1) is 8.66. The molecular weight excluding hydrogens is 174 g/mol. The third kappa shape index (κ3) is 1.45. The second-order valence-electron chi connectivity index (χ2n) is 3.80. The molecule has 0 amide bonds. The average Bonchev–Trinajstić information content (AvgIpc) is 2.27. The predicted molar refractivity (Wildman–Crippen MR) is 44.9 cm³/mol. The van der Waals surface area contributed by atoms with E-state index in [1.165, 1.54) is 0 Å². The van der Waals surface area contributed by atoms with Crippen molar-refractivity contribution in [1.82, 2.24) is 9.78 Å². The van der Waals surface area contributed by atoms with Gasteiger partial charge < -0.3 is 0 Å². The first-order valence-electron chi connectivity index (χ1n) is 4.36. The molecule has 1 saturated carbocycles. The van der Waals surface area contributed by atoms with E-state index in [1.807, 2.05) is 20.0 Å². The summed E-state index contributed by atoms with van der Waals surface area (Å²) in [5, 5.41) is 4.18. The molecule has 1 fully saturated rings. The number of aromatic nitrogens is 2. The van der Waals surface area contributed by atoms with E-state index in [-0.39, 0.29) is 18.8 Å². The van der Waals surface area contributed by atoms with E-state index in [2.05, 4.69) is 5.10 Å². The summed E-state index contributed by atoms with van der Waals surface area (Å²) in [6.07, 6.45) is -0.0765. The van der Waals surface area contributed by atoms with Crippen LogP contribution in [0.25, 0.3) is 0 Å². The van der Waals surface area contributed by atoms with Gasteiger partial charge in [0, 0.05) is 31.5 Å². The zero-order valence-electron chi connectivity index (χ0n) is 7.72. The van der Waals surface area contributed by atoms with Crippen LogP contribution in [0.1, 0.15) is 30.1 Å². The van der Waals surface area contributed by atoms with E-state index in [4.69, 9.17) is 0 Å². The molecule has 0 unspecified atom stereocenters. The molecule has 1 aliphatic rings.